The predicted molar refractivity (Wildman–Crippen MR) is 61.3 cm³/mol. The second-order valence-corrected chi connectivity index (χ2v) is 17.0. The van der Waals surface area contributed by atoms with Gasteiger partial charge in [-0.3, -0.25) is 0 Å². The molecule has 0 fully saturated rings. The Bertz CT molecular complexity index is 253. The van der Waals surface area contributed by atoms with Gasteiger partial charge in [-0.2, -0.15) is 0 Å². The molecule has 0 amide bonds. The van der Waals surface area contributed by atoms with Crippen LogP contribution in [0.1, 0.15) is 48.0 Å². The quantitative estimate of drug-likeness (QED) is 0.568. The van der Waals surface area contributed by atoms with E-state index in [1.165, 1.54) is 6.42 Å². The van der Waals surface area contributed by atoms with Crippen molar-refractivity contribution in [3.8, 4) is 0 Å². The van der Waals surface area contributed by atoms with Gasteiger partial charge in [0, 0.05) is 0 Å². The van der Waals surface area contributed by atoms with Crippen LogP contribution < -0.4 is 24.8 Å². The molecular formula is C13H23Cl2Zr. The molecule has 0 aliphatic heterocycles. The SMILES string of the molecule is C[C](C)(C)[Zr+2]([C]1=CC=CC1)[C](C)(C)C.[Cl-].[Cl-]. The summed E-state index contributed by atoms with van der Waals surface area (Å²) in [5.41, 5.74) is 0. The smallest absolute Gasteiger partial charge is 1.00 e. The maximum absolute atomic E-state index is 2.44. The largest absolute Gasteiger partial charge is 1.00 e. The van der Waals surface area contributed by atoms with Gasteiger partial charge in [0.2, 0.25) is 0 Å². The van der Waals surface area contributed by atoms with Gasteiger partial charge in [0.1, 0.15) is 0 Å². The third-order valence-electron chi connectivity index (χ3n) is 2.59. The van der Waals surface area contributed by atoms with Crippen molar-refractivity contribution >= 4 is 0 Å². The van der Waals surface area contributed by atoms with E-state index in [-0.39, 0.29) is 24.8 Å². The van der Waals surface area contributed by atoms with E-state index in [2.05, 4.69) is 59.8 Å². The van der Waals surface area contributed by atoms with Crippen molar-refractivity contribution in [3.63, 3.8) is 0 Å². The maximum Gasteiger partial charge on any atom is -1.00 e. The molecule has 0 bridgehead atoms. The normalized spacial score (nSPS) is 15.0. The molecular weight excluding hydrogens is 318 g/mol. The first kappa shape index (κ1) is 19.3. The summed E-state index contributed by atoms with van der Waals surface area (Å²) < 4.78 is 2.91. The van der Waals surface area contributed by atoms with Crippen molar-refractivity contribution in [2.45, 2.75) is 54.2 Å². The standard InChI is InChI=1S/C5H5.2C4H9.2ClH.Zr/c1-2-4-5-3-1;2*1-4(2)3;;;/h1-3H,4H2;2*1-3H3;2*1H;/q;;;;;+2/p-2. The van der Waals surface area contributed by atoms with Crippen molar-refractivity contribution in [2.24, 2.45) is 0 Å². The van der Waals surface area contributed by atoms with E-state index in [0.717, 1.165) is 0 Å². The Morgan fingerprint density at radius 1 is 0.938 bits per heavy atom. The summed E-state index contributed by atoms with van der Waals surface area (Å²) in [5.74, 6) is 0. The van der Waals surface area contributed by atoms with Crippen LogP contribution in [0.4, 0.5) is 0 Å². The molecule has 0 aromatic rings. The zero-order chi connectivity index (χ0) is 11.0. The van der Waals surface area contributed by atoms with Gasteiger partial charge in [0.05, 0.1) is 0 Å². The summed E-state index contributed by atoms with van der Waals surface area (Å²) >= 11 is -1.50. The molecule has 0 saturated heterocycles. The van der Waals surface area contributed by atoms with Crippen LogP contribution in [0.5, 0.6) is 0 Å². The predicted octanol–water partition coefficient (Wildman–Crippen LogP) is -1.11. The van der Waals surface area contributed by atoms with Crippen molar-refractivity contribution in [1.82, 2.24) is 0 Å². The van der Waals surface area contributed by atoms with Crippen LogP contribution in [0.25, 0.3) is 0 Å². The van der Waals surface area contributed by atoms with E-state index in [9.17, 15) is 0 Å². The Hall–Kier alpha value is 0.943. The third-order valence-corrected chi connectivity index (χ3v) is 12.5. The van der Waals surface area contributed by atoms with Crippen LogP contribution in [0.2, 0.25) is 6.25 Å². The van der Waals surface area contributed by atoms with E-state index in [1.807, 2.05) is 0 Å². The van der Waals surface area contributed by atoms with Gasteiger partial charge in [-0.05, 0) is 0 Å². The van der Waals surface area contributed by atoms with Gasteiger partial charge in [0.25, 0.3) is 0 Å². The van der Waals surface area contributed by atoms with Crippen LogP contribution in [-0.2, 0) is 21.8 Å². The zero-order valence-electron chi connectivity index (χ0n) is 11.2. The van der Waals surface area contributed by atoms with Crippen LogP contribution in [-0.4, -0.2) is 0 Å². The van der Waals surface area contributed by atoms with E-state index in [4.69, 9.17) is 0 Å². The minimum absolute atomic E-state index is 0. The second kappa shape index (κ2) is 6.76. The number of allylic oxidation sites excluding steroid dienone is 4. The number of halogens is 2. The Labute approximate surface area is 121 Å². The number of rotatable bonds is 1. The van der Waals surface area contributed by atoms with Crippen molar-refractivity contribution < 1.29 is 46.6 Å². The molecule has 1 rings (SSSR count). The summed E-state index contributed by atoms with van der Waals surface area (Å²) in [6.45, 7) is 14.6. The number of hydrogen-bond donors (Lipinski definition) is 0. The minimum Gasteiger partial charge on any atom is -1.00 e. The van der Waals surface area contributed by atoms with Crippen LogP contribution in [0.3, 0.4) is 0 Å². The van der Waals surface area contributed by atoms with Gasteiger partial charge >= 0.3 is 97.5 Å². The first-order valence-electron chi connectivity index (χ1n) is 5.47. The molecule has 0 heterocycles. The third kappa shape index (κ3) is 5.07. The molecule has 0 radical (unpaired) electrons. The van der Waals surface area contributed by atoms with Crippen molar-refractivity contribution in [3.05, 3.63) is 21.5 Å². The molecule has 0 N–H and O–H groups in total. The minimum atomic E-state index is -1.50. The van der Waals surface area contributed by atoms with Gasteiger partial charge in [-0.1, -0.05) is 0 Å². The van der Waals surface area contributed by atoms with Crippen LogP contribution >= 0.6 is 0 Å². The Morgan fingerprint density at radius 3 is 1.62 bits per heavy atom. The molecule has 0 aromatic carbocycles. The van der Waals surface area contributed by atoms with Crippen molar-refractivity contribution in [2.75, 3.05) is 0 Å². The average molecular weight is 341 g/mol. The van der Waals surface area contributed by atoms with Crippen molar-refractivity contribution in [1.29, 1.82) is 0 Å². The van der Waals surface area contributed by atoms with Crippen LogP contribution in [0, 0.1) is 0 Å². The molecule has 0 unspecified atom stereocenters. The molecule has 0 saturated carbocycles. The molecule has 1 aliphatic carbocycles. The summed E-state index contributed by atoms with van der Waals surface area (Å²) in [4.78, 5) is 0. The molecule has 0 nitrogen and oxygen atoms in total. The van der Waals surface area contributed by atoms with Gasteiger partial charge in [-0.25, -0.2) is 0 Å². The van der Waals surface area contributed by atoms with E-state index < -0.39 is 21.8 Å². The first-order chi connectivity index (χ1) is 6.23. The fourth-order valence-electron chi connectivity index (χ4n) is 2.72. The molecule has 3 heteroatoms. The molecule has 93 valence electrons. The van der Waals surface area contributed by atoms with Gasteiger partial charge in [-0.15, -0.1) is 0 Å². The summed E-state index contributed by atoms with van der Waals surface area (Å²) in [6.07, 6.45) is 8.19. The Kier molecular flexibility index (Phi) is 8.15. The maximum atomic E-state index is 2.44. The fourth-order valence-corrected chi connectivity index (χ4v) is 14.4. The summed E-state index contributed by atoms with van der Waals surface area (Å²) in [6, 6.07) is 0. The van der Waals surface area contributed by atoms with E-state index in [0.29, 0.717) is 6.25 Å². The molecule has 16 heavy (non-hydrogen) atoms. The monoisotopic (exact) mass is 339 g/mol. The number of hydrogen-bond acceptors (Lipinski definition) is 0. The van der Waals surface area contributed by atoms with Gasteiger partial charge in [0.15, 0.2) is 0 Å². The Balaban J connectivity index is 0. The average Bonchev–Trinajstić information content (AvgIpc) is 2.31. The second-order valence-electron chi connectivity index (χ2n) is 6.20. The Morgan fingerprint density at radius 2 is 1.38 bits per heavy atom. The molecule has 0 atom stereocenters. The van der Waals surface area contributed by atoms with E-state index >= 15 is 0 Å². The zero-order valence-corrected chi connectivity index (χ0v) is 15.2. The molecule has 1 aliphatic rings. The topological polar surface area (TPSA) is 0 Å². The van der Waals surface area contributed by atoms with E-state index in [1.54, 1.807) is 3.28 Å². The molecule has 0 spiro atoms. The first-order valence-corrected chi connectivity index (χ1v) is 9.15. The fraction of sp³-hybridized carbons (Fsp3) is 0.692. The van der Waals surface area contributed by atoms with Crippen LogP contribution in [0.15, 0.2) is 21.5 Å². The summed E-state index contributed by atoms with van der Waals surface area (Å²) in [5, 5.41) is 0. The summed E-state index contributed by atoms with van der Waals surface area (Å²) in [7, 11) is 0. The molecule has 0 aromatic heterocycles. The van der Waals surface area contributed by atoms with Gasteiger partial charge < -0.3 is 24.8 Å².